The van der Waals surface area contributed by atoms with Crippen molar-refractivity contribution in [1.29, 1.82) is 0 Å². The minimum absolute atomic E-state index is 0.0717. The highest BCUT2D eigenvalue weighted by molar-refractivity contribution is 5.89. The van der Waals surface area contributed by atoms with Crippen molar-refractivity contribution in [1.82, 2.24) is 0 Å². The van der Waals surface area contributed by atoms with Gasteiger partial charge in [-0.2, -0.15) is 0 Å². The second kappa shape index (κ2) is 9.69. The number of fused-ring (bicyclic) bond motifs is 1. The summed E-state index contributed by atoms with van der Waals surface area (Å²) in [5.41, 5.74) is -5.93. The minimum Gasteiger partial charge on any atom is -0.459 e. The Labute approximate surface area is 231 Å². The number of carbonyl (C=O) groups is 5. The number of hydrogen-bond acceptors (Lipinski definition) is 12. The van der Waals surface area contributed by atoms with E-state index in [4.69, 9.17) is 28.4 Å². The van der Waals surface area contributed by atoms with Gasteiger partial charge >= 0.3 is 29.8 Å². The molecule has 0 aromatic rings. The van der Waals surface area contributed by atoms with Gasteiger partial charge in [0.1, 0.15) is 30.0 Å². The Hall–Kier alpha value is -3.25. The van der Waals surface area contributed by atoms with Crippen molar-refractivity contribution in [2.75, 3.05) is 0 Å². The molecule has 2 saturated heterocycles. The summed E-state index contributed by atoms with van der Waals surface area (Å²) in [5, 5.41) is 12.2. The van der Waals surface area contributed by atoms with Crippen molar-refractivity contribution in [2.45, 2.75) is 109 Å². The van der Waals surface area contributed by atoms with Crippen LogP contribution in [0.2, 0.25) is 0 Å². The van der Waals surface area contributed by atoms with Gasteiger partial charge in [-0.25, -0.2) is 4.79 Å². The van der Waals surface area contributed by atoms with E-state index < -0.39 is 88.5 Å². The molecular weight excluding hydrogens is 528 g/mol. The molecule has 0 unspecified atom stereocenters. The zero-order valence-electron chi connectivity index (χ0n) is 23.8. The summed E-state index contributed by atoms with van der Waals surface area (Å²) in [6.45, 7) is 11.0. The molecule has 4 aliphatic rings. The van der Waals surface area contributed by atoms with Gasteiger partial charge in [-0.15, -0.1) is 0 Å². The van der Waals surface area contributed by atoms with E-state index in [1.54, 1.807) is 26.0 Å². The first-order valence-electron chi connectivity index (χ1n) is 13.1. The molecule has 1 N–H and O–H groups in total. The maximum absolute atomic E-state index is 13.1. The quantitative estimate of drug-likeness (QED) is 0.227. The molecule has 12 heteroatoms. The molecule has 0 aromatic heterocycles. The van der Waals surface area contributed by atoms with Gasteiger partial charge < -0.3 is 33.5 Å². The van der Waals surface area contributed by atoms with Crippen LogP contribution in [0.4, 0.5) is 0 Å². The fourth-order valence-electron chi connectivity index (χ4n) is 6.88. The number of epoxide rings is 1. The lowest BCUT2D eigenvalue weighted by Gasteiger charge is -2.55. The first kappa shape index (κ1) is 29.7. The van der Waals surface area contributed by atoms with Crippen LogP contribution < -0.4 is 0 Å². The molecule has 1 spiro atoms. The lowest BCUT2D eigenvalue weighted by molar-refractivity contribution is -0.227. The van der Waals surface area contributed by atoms with Crippen molar-refractivity contribution >= 4 is 29.8 Å². The smallest absolute Gasteiger partial charge is 0.342 e. The number of rotatable bonds is 4. The van der Waals surface area contributed by atoms with Crippen molar-refractivity contribution < 1.29 is 57.5 Å². The van der Waals surface area contributed by atoms with Crippen LogP contribution in [0.25, 0.3) is 0 Å². The topological polar surface area (TPSA) is 164 Å². The fourth-order valence-corrected chi connectivity index (χ4v) is 6.88. The Bertz CT molecular complexity index is 1200. The van der Waals surface area contributed by atoms with Gasteiger partial charge in [0.05, 0.1) is 0 Å². The molecule has 2 heterocycles. The predicted molar refractivity (Wildman–Crippen MR) is 134 cm³/mol. The maximum atomic E-state index is 13.1. The average molecular weight is 565 g/mol. The molecule has 40 heavy (non-hydrogen) atoms. The number of ether oxygens (including phenoxy) is 6. The van der Waals surface area contributed by atoms with Crippen molar-refractivity contribution in [3.63, 3.8) is 0 Å². The van der Waals surface area contributed by atoms with Gasteiger partial charge in [0.25, 0.3) is 0 Å². The second-order valence-corrected chi connectivity index (χ2v) is 11.6. The van der Waals surface area contributed by atoms with E-state index in [0.29, 0.717) is 5.57 Å². The fraction of sp³-hybridized carbons (Fsp3) is 0.679. The van der Waals surface area contributed by atoms with Crippen LogP contribution in [0.1, 0.15) is 61.8 Å². The third kappa shape index (κ3) is 4.50. The third-order valence-corrected chi connectivity index (χ3v) is 8.46. The molecule has 10 atom stereocenters. The maximum Gasteiger partial charge on any atom is 0.342 e. The highest BCUT2D eigenvalue weighted by Gasteiger charge is 2.88. The van der Waals surface area contributed by atoms with E-state index in [9.17, 15) is 29.1 Å². The standard InChI is InChI=1S/C28H36O12/c1-13-11-18(35-14(2)29)22(37-16(4)31)25(6)10-9-19(36-15(3)30)26(7,34)21(25)23(38-17(5)32)28-20(12-13)39-24(33)27(28,8)40-28/h9-10,12,18-23,34H,11H2,1-8H3/b13-12-/t18-,19-,20+,21-,22+,23-,25+,26+,27+,28+/m1/s1. The molecule has 4 rings (SSSR count). The van der Waals surface area contributed by atoms with Crippen molar-refractivity contribution in [2.24, 2.45) is 11.3 Å². The molecule has 12 nitrogen and oxygen atoms in total. The van der Waals surface area contributed by atoms with Crippen molar-refractivity contribution in [3.8, 4) is 0 Å². The zero-order chi connectivity index (χ0) is 30.0. The lowest BCUT2D eigenvalue weighted by Crippen LogP contribution is -2.68. The minimum atomic E-state index is -2.00. The Morgan fingerprint density at radius 3 is 1.98 bits per heavy atom. The van der Waals surface area contributed by atoms with Crippen LogP contribution in [0.5, 0.6) is 0 Å². The molecule has 0 radical (unpaired) electrons. The number of esters is 5. The van der Waals surface area contributed by atoms with Gasteiger partial charge in [0.2, 0.25) is 0 Å². The normalized spacial score (nSPS) is 44.8. The Balaban J connectivity index is 2.06. The molecule has 0 aromatic carbocycles. The Morgan fingerprint density at radius 2 is 1.45 bits per heavy atom. The van der Waals surface area contributed by atoms with Gasteiger partial charge in [-0.05, 0) is 32.9 Å². The third-order valence-electron chi connectivity index (χ3n) is 8.46. The molecule has 2 fully saturated rings. The van der Waals surface area contributed by atoms with Crippen molar-refractivity contribution in [3.05, 3.63) is 23.8 Å². The van der Waals surface area contributed by atoms with Crippen LogP contribution >= 0.6 is 0 Å². The summed E-state index contributed by atoms with van der Waals surface area (Å²) >= 11 is 0. The van der Waals surface area contributed by atoms with Crippen LogP contribution in [-0.4, -0.2) is 82.3 Å². The summed E-state index contributed by atoms with van der Waals surface area (Å²) < 4.78 is 34.7. The SMILES string of the molecule is CC(=O)O[C@@H]1[C@H]2[C@@](C)(O)[C@H](OC(C)=O)C=C[C@]2(C)[C@@H](OC(C)=O)[C@H](OC(C)=O)C/C(C)=C\[C@@H]2OC(=O)[C@]3(C)O[C@@]213. The Morgan fingerprint density at radius 1 is 0.900 bits per heavy atom. The van der Waals surface area contributed by atoms with Gasteiger partial charge in [0, 0.05) is 45.4 Å². The van der Waals surface area contributed by atoms with E-state index in [2.05, 4.69) is 0 Å². The van der Waals surface area contributed by atoms with E-state index in [1.165, 1.54) is 47.6 Å². The molecule has 0 bridgehead atoms. The number of hydrogen-bond donors (Lipinski definition) is 1. The monoisotopic (exact) mass is 564 g/mol. The zero-order valence-corrected chi connectivity index (χ0v) is 23.8. The largest absolute Gasteiger partial charge is 0.459 e. The van der Waals surface area contributed by atoms with E-state index in [-0.39, 0.29) is 6.42 Å². The summed E-state index contributed by atoms with van der Waals surface area (Å²) in [6.07, 6.45) is -1.23. The van der Waals surface area contributed by atoms with Gasteiger partial charge in [-0.3, -0.25) is 19.2 Å². The molecular formula is C28H36O12. The molecule has 2 aliphatic heterocycles. The van der Waals surface area contributed by atoms with Crippen LogP contribution in [0.3, 0.4) is 0 Å². The number of carbonyl (C=O) groups excluding carboxylic acids is 5. The summed E-state index contributed by atoms with van der Waals surface area (Å²) in [5.74, 6) is -4.71. The molecule has 2 aliphatic carbocycles. The van der Waals surface area contributed by atoms with Crippen LogP contribution in [-0.2, 0) is 52.4 Å². The predicted octanol–water partition coefficient (Wildman–Crippen LogP) is 1.46. The van der Waals surface area contributed by atoms with E-state index in [1.807, 2.05) is 0 Å². The summed E-state index contributed by atoms with van der Waals surface area (Å²) in [6, 6.07) is 0. The lowest BCUT2D eigenvalue weighted by atomic mass is 9.55. The first-order valence-corrected chi connectivity index (χ1v) is 13.1. The Kier molecular flexibility index (Phi) is 7.20. The highest BCUT2D eigenvalue weighted by atomic mass is 16.7. The molecule has 220 valence electrons. The summed E-state index contributed by atoms with van der Waals surface area (Å²) in [4.78, 5) is 62.4. The van der Waals surface area contributed by atoms with Crippen LogP contribution in [0, 0.1) is 11.3 Å². The van der Waals surface area contributed by atoms with Gasteiger partial charge in [0.15, 0.2) is 17.3 Å². The van der Waals surface area contributed by atoms with E-state index >= 15 is 0 Å². The average Bonchev–Trinajstić information content (AvgIpc) is 3.38. The number of aliphatic hydroxyl groups is 1. The first-order chi connectivity index (χ1) is 18.4. The summed E-state index contributed by atoms with van der Waals surface area (Å²) in [7, 11) is 0. The second-order valence-electron chi connectivity index (χ2n) is 11.6. The van der Waals surface area contributed by atoms with E-state index in [0.717, 1.165) is 0 Å². The van der Waals surface area contributed by atoms with Gasteiger partial charge in [-0.1, -0.05) is 18.6 Å². The highest BCUT2D eigenvalue weighted by Crippen LogP contribution is 2.65. The molecule has 0 amide bonds. The van der Waals surface area contributed by atoms with Crippen LogP contribution in [0.15, 0.2) is 23.8 Å². The molecule has 0 saturated carbocycles.